The first kappa shape index (κ1) is 25.6. The molecule has 6 heteroatoms. The number of nitriles is 1. The molecule has 2 heterocycles. The average Bonchev–Trinajstić information content (AvgIpc) is 3.72. The van der Waals surface area contributed by atoms with E-state index in [1.54, 1.807) is 7.11 Å². The topological polar surface area (TPSA) is 65.8 Å². The number of hydrogen-bond donors (Lipinski definition) is 0. The number of fused-ring (bicyclic) bond motifs is 1. The normalized spacial score (nSPS) is 20.9. The Hall–Kier alpha value is -3.04. The third-order valence-corrected chi connectivity index (χ3v) is 8.24. The van der Waals surface area contributed by atoms with Crippen molar-refractivity contribution in [3.63, 3.8) is 0 Å². The Kier molecular flexibility index (Phi) is 6.93. The average molecular weight is 502 g/mol. The van der Waals surface area contributed by atoms with Crippen molar-refractivity contribution in [3.8, 4) is 11.8 Å². The second-order valence-electron chi connectivity index (χ2n) is 11.8. The molecule has 1 atom stereocenters. The van der Waals surface area contributed by atoms with Gasteiger partial charge >= 0.3 is 0 Å². The lowest BCUT2D eigenvalue weighted by Crippen LogP contribution is -2.57. The molecule has 0 bridgehead atoms. The molecule has 1 saturated heterocycles. The summed E-state index contributed by atoms with van der Waals surface area (Å²) in [4.78, 5) is 17.9. The molecule has 37 heavy (non-hydrogen) atoms. The number of methoxy groups -OCH3 is 1. The van der Waals surface area contributed by atoms with Gasteiger partial charge in [-0.1, -0.05) is 26.0 Å². The quantitative estimate of drug-likeness (QED) is 0.544. The first-order valence-corrected chi connectivity index (χ1v) is 13.6. The number of carbonyl (C=O) groups is 1. The number of amides is 1. The molecule has 5 rings (SSSR count). The van der Waals surface area contributed by atoms with E-state index in [-0.39, 0.29) is 17.6 Å². The van der Waals surface area contributed by atoms with Crippen molar-refractivity contribution in [2.24, 2.45) is 5.92 Å². The molecule has 2 fully saturated rings. The van der Waals surface area contributed by atoms with Crippen molar-refractivity contribution >= 4 is 11.6 Å². The highest BCUT2D eigenvalue weighted by atomic mass is 16.5. The van der Waals surface area contributed by atoms with Gasteiger partial charge in [0.25, 0.3) is 0 Å². The van der Waals surface area contributed by atoms with Crippen LogP contribution in [0.25, 0.3) is 0 Å². The largest absolute Gasteiger partial charge is 0.497 e. The van der Waals surface area contributed by atoms with Gasteiger partial charge in [-0.05, 0) is 79.0 Å². The maximum absolute atomic E-state index is 13.5. The van der Waals surface area contributed by atoms with Gasteiger partial charge in [0, 0.05) is 26.1 Å². The third-order valence-electron chi connectivity index (χ3n) is 8.24. The maximum atomic E-state index is 13.5. The van der Waals surface area contributed by atoms with Crippen molar-refractivity contribution in [1.82, 2.24) is 4.90 Å². The van der Waals surface area contributed by atoms with Gasteiger partial charge in [-0.25, -0.2) is 0 Å². The lowest BCUT2D eigenvalue weighted by Gasteiger charge is -2.45. The van der Waals surface area contributed by atoms with E-state index in [1.165, 1.54) is 29.5 Å². The van der Waals surface area contributed by atoms with Gasteiger partial charge in [-0.3, -0.25) is 4.79 Å². The molecular weight excluding hydrogens is 462 g/mol. The Morgan fingerprint density at radius 2 is 2.00 bits per heavy atom. The van der Waals surface area contributed by atoms with Gasteiger partial charge in [0.1, 0.15) is 11.8 Å². The van der Waals surface area contributed by atoms with Crippen molar-refractivity contribution in [3.05, 3.63) is 58.1 Å². The Labute approximate surface area is 221 Å². The lowest BCUT2D eigenvalue weighted by molar-refractivity contribution is -0.134. The second kappa shape index (κ2) is 10.0. The number of benzene rings is 2. The highest BCUT2D eigenvalue weighted by Gasteiger charge is 2.38. The highest BCUT2D eigenvalue weighted by Crippen LogP contribution is 2.47. The number of ether oxygens (including phenoxy) is 2. The van der Waals surface area contributed by atoms with Crippen LogP contribution in [0, 0.1) is 17.2 Å². The molecule has 1 aliphatic carbocycles. The van der Waals surface area contributed by atoms with Crippen molar-refractivity contribution in [1.29, 1.82) is 5.26 Å². The van der Waals surface area contributed by atoms with Crippen LogP contribution in [0.4, 0.5) is 5.69 Å². The van der Waals surface area contributed by atoms with Crippen LogP contribution < -0.4 is 9.64 Å². The second-order valence-corrected chi connectivity index (χ2v) is 11.8. The molecule has 1 unspecified atom stereocenters. The molecule has 1 saturated carbocycles. The van der Waals surface area contributed by atoms with E-state index < -0.39 is 0 Å². The zero-order valence-electron chi connectivity index (χ0n) is 22.8. The van der Waals surface area contributed by atoms with Crippen LogP contribution in [0.5, 0.6) is 5.75 Å². The summed E-state index contributed by atoms with van der Waals surface area (Å²) < 4.78 is 11.5. The minimum atomic E-state index is -0.274. The Bertz CT molecular complexity index is 1220. The zero-order valence-corrected chi connectivity index (χ0v) is 22.8. The Morgan fingerprint density at radius 3 is 2.68 bits per heavy atom. The van der Waals surface area contributed by atoms with Crippen LogP contribution >= 0.6 is 0 Å². The summed E-state index contributed by atoms with van der Waals surface area (Å²) >= 11 is 0. The summed E-state index contributed by atoms with van der Waals surface area (Å²) in [5.74, 6) is 1.80. The first-order chi connectivity index (χ1) is 17.7. The maximum Gasteiger partial charge on any atom is 0.227 e. The number of rotatable bonds is 6. The van der Waals surface area contributed by atoms with E-state index in [9.17, 15) is 10.1 Å². The fourth-order valence-corrected chi connectivity index (χ4v) is 6.00. The summed E-state index contributed by atoms with van der Waals surface area (Å²) in [5.41, 5.74) is 6.34. The van der Waals surface area contributed by atoms with Crippen molar-refractivity contribution in [2.75, 3.05) is 31.6 Å². The van der Waals surface area contributed by atoms with Gasteiger partial charge < -0.3 is 19.3 Å². The van der Waals surface area contributed by atoms with E-state index in [2.05, 4.69) is 49.6 Å². The molecule has 0 N–H and O–H groups in total. The molecule has 1 amide bonds. The van der Waals surface area contributed by atoms with Crippen LogP contribution in [0.2, 0.25) is 0 Å². The molecular formula is C31H39N3O3. The van der Waals surface area contributed by atoms with E-state index in [4.69, 9.17) is 9.47 Å². The fraction of sp³-hybridized carbons (Fsp3) is 0.548. The monoisotopic (exact) mass is 501 g/mol. The summed E-state index contributed by atoms with van der Waals surface area (Å²) in [7, 11) is 1.65. The SMILES string of the molecule is COc1cccc(CC(=O)N2CCN(c3cc(C4CC4)c4c(c3C#N)CC(C)(C)OC4)CC2C(C)C)c1. The number of hydrogen-bond acceptors (Lipinski definition) is 5. The smallest absolute Gasteiger partial charge is 0.227 e. The number of carbonyl (C=O) groups excluding carboxylic acids is 1. The summed E-state index contributed by atoms with van der Waals surface area (Å²) in [6.45, 7) is 11.3. The van der Waals surface area contributed by atoms with E-state index in [0.29, 0.717) is 31.4 Å². The highest BCUT2D eigenvalue weighted by molar-refractivity contribution is 5.80. The third kappa shape index (κ3) is 5.20. The fourth-order valence-electron chi connectivity index (χ4n) is 6.00. The minimum Gasteiger partial charge on any atom is -0.497 e. The van der Waals surface area contributed by atoms with Crippen molar-refractivity contribution in [2.45, 2.75) is 77.5 Å². The van der Waals surface area contributed by atoms with E-state index in [1.807, 2.05) is 24.3 Å². The van der Waals surface area contributed by atoms with E-state index >= 15 is 0 Å². The first-order valence-electron chi connectivity index (χ1n) is 13.6. The Balaban J connectivity index is 1.43. The minimum absolute atomic E-state index is 0.0820. The molecule has 2 aromatic carbocycles. The van der Waals surface area contributed by atoms with Gasteiger partial charge in [0.15, 0.2) is 0 Å². The summed E-state index contributed by atoms with van der Waals surface area (Å²) in [5, 5.41) is 10.4. The molecule has 0 spiro atoms. The molecule has 2 aromatic rings. The predicted molar refractivity (Wildman–Crippen MR) is 145 cm³/mol. The van der Waals surface area contributed by atoms with Crippen LogP contribution in [-0.4, -0.2) is 49.2 Å². The van der Waals surface area contributed by atoms with Crippen LogP contribution in [0.1, 0.15) is 74.3 Å². The molecule has 2 aliphatic heterocycles. The summed E-state index contributed by atoms with van der Waals surface area (Å²) in [6.07, 6.45) is 3.54. The van der Waals surface area contributed by atoms with Crippen LogP contribution in [0.3, 0.4) is 0 Å². The Morgan fingerprint density at radius 1 is 1.22 bits per heavy atom. The van der Waals surface area contributed by atoms with Gasteiger partial charge in [0.05, 0.1) is 43.0 Å². The molecule has 3 aliphatic rings. The van der Waals surface area contributed by atoms with Gasteiger partial charge in [0.2, 0.25) is 5.91 Å². The van der Waals surface area contributed by atoms with Crippen LogP contribution in [-0.2, 0) is 29.0 Å². The number of nitrogens with zero attached hydrogens (tertiary/aromatic N) is 3. The standard InChI is InChI=1S/C31H39N3O3/c1-20(2)29-18-33(11-12-34(29)30(35)14-21-7-6-8-23(13-21)36-5)28-15-24(22-9-10-22)27-19-37-31(3,4)16-25(27)26(28)17-32/h6-8,13,15,20,22,29H,9-12,14,16,18-19H2,1-5H3. The van der Waals surface area contributed by atoms with Crippen molar-refractivity contribution < 1.29 is 14.3 Å². The predicted octanol–water partition coefficient (Wildman–Crippen LogP) is 5.21. The zero-order chi connectivity index (χ0) is 26.3. The lowest BCUT2D eigenvalue weighted by atomic mass is 9.83. The molecule has 0 radical (unpaired) electrons. The van der Waals surface area contributed by atoms with E-state index in [0.717, 1.165) is 42.1 Å². The summed E-state index contributed by atoms with van der Waals surface area (Å²) in [6, 6.07) is 12.7. The number of anilines is 1. The van der Waals surface area contributed by atoms with Gasteiger partial charge in [-0.2, -0.15) is 5.26 Å². The number of piperazine rings is 1. The molecule has 6 nitrogen and oxygen atoms in total. The van der Waals surface area contributed by atoms with Crippen LogP contribution in [0.15, 0.2) is 30.3 Å². The molecule has 0 aromatic heterocycles. The van der Waals surface area contributed by atoms with Gasteiger partial charge in [-0.15, -0.1) is 0 Å². The molecule has 196 valence electrons.